The topological polar surface area (TPSA) is 12.9 Å². The number of nitrogens with zero attached hydrogens (tertiary/aromatic N) is 1. The summed E-state index contributed by atoms with van der Waals surface area (Å²) in [7, 11) is 0. The molecule has 0 unspecified atom stereocenters. The fourth-order valence-electron chi connectivity index (χ4n) is 1.75. The molecule has 0 fully saturated rings. The van der Waals surface area contributed by atoms with Crippen molar-refractivity contribution in [3.63, 3.8) is 0 Å². The molecule has 0 aliphatic carbocycles. The van der Waals surface area contributed by atoms with Crippen LogP contribution >= 0.6 is 15.9 Å². The normalized spacial score (nSPS) is 11.5. The average Bonchev–Trinajstić information content (AvgIpc) is 2.42. The molecule has 0 bridgehead atoms. The maximum Gasteiger partial charge on any atom is 0.0273 e. The summed E-state index contributed by atoms with van der Waals surface area (Å²) in [5.74, 6) is 0. The zero-order valence-corrected chi connectivity index (χ0v) is 11.1. The Bertz CT molecular complexity index is 435. The van der Waals surface area contributed by atoms with Crippen molar-refractivity contribution in [2.75, 3.05) is 5.33 Å². The number of hydrogen-bond donors (Lipinski definition) is 0. The number of hydrogen-bond acceptors (Lipinski definition) is 1. The minimum atomic E-state index is 0.981. The molecule has 1 heterocycles. The van der Waals surface area contributed by atoms with Gasteiger partial charge in [0.05, 0.1) is 0 Å². The average molecular weight is 288 g/mol. The van der Waals surface area contributed by atoms with Crippen molar-refractivity contribution in [1.82, 2.24) is 4.98 Å². The van der Waals surface area contributed by atoms with Gasteiger partial charge < -0.3 is 0 Å². The highest BCUT2D eigenvalue weighted by Crippen LogP contribution is 2.23. The Labute approximate surface area is 110 Å². The largest absolute Gasteiger partial charge is 0.265 e. The summed E-state index contributed by atoms with van der Waals surface area (Å²) in [6, 6.07) is 14.6. The molecule has 0 atom stereocenters. The molecule has 0 saturated heterocycles. The number of pyridine rings is 1. The molecule has 1 nitrogen and oxygen atoms in total. The van der Waals surface area contributed by atoms with Crippen LogP contribution in [0.4, 0.5) is 0 Å². The van der Waals surface area contributed by atoms with E-state index in [1.54, 1.807) is 0 Å². The van der Waals surface area contributed by atoms with Crippen LogP contribution < -0.4 is 0 Å². The van der Waals surface area contributed by atoms with Crippen molar-refractivity contribution in [2.24, 2.45) is 0 Å². The van der Waals surface area contributed by atoms with E-state index in [1.807, 2.05) is 30.6 Å². The van der Waals surface area contributed by atoms with Crippen molar-refractivity contribution < 1.29 is 0 Å². The van der Waals surface area contributed by atoms with Gasteiger partial charge in [-0.15, -0.1) is 0 Å². The first-order valence-corrected chi connectivity index (χ1v) is 6.76. The lowest BCUT2D eigenvalue weighted by atomic mass is 9.98. The summed E-state index contributed by atoms with van der Waals surface area (Å²) in [4.78, 5) is 4.07. The molecule has 17 heavy (non-hydrogen) atoms. The fourth-order valence-corrected chi connectivity index (χ4v) is 1.98. The third-order valence-corrected chi connectivity index (χ3v) is 2.99. The van der Waals surface area contributed by atoms with Crippen LogP contribution in [-0.4, -0.2) is 10.3 Å². The molecule has 0 aliphatic heterocycles. The molecule has 1 aromatic heterocycles. The van der Waals surface area contributed by atoms with Crippen LogP contribution in [-0.2, 0) is 0 Å². The molecule has 2 heteroatoms. The van der Waals surface area contributed by atoms with Gasteiger partial charge in [-0.05, 0) is 35.3 Å². The van der Waals surface area contributed by atoms with Gasteiger partial charge >= 0.3 is 0 Å². The lowest BCUT2D eigenvalue weighted by Crippen LogP contribution is -1.88. The summed E-state index contributed by atoms with van der Waals surface area (Å²) >= 11 is 3.47. The highest BCUT2D eigenvalue weighted by atomic mass is 79.9. The summed E-state index contributed by atoms with van der Waals surface area (Å²) in [6.07, 6.45) is 6.95. The van der Waals surface area contributed by atoms with E-state index in [1.165, 1.54) is 16.7 Å². The number of aromatic nitrogens is 1. The standard InChI is InChI=1S/C15H14BrN/c16-10-4-7-15(13-5-2-1-3-6-13)14-8-11-17-12-9-14/h1-3,5-9,11-12H,4,10H2. The second-order valence-corrected chi connectivity index (χ2v) is 4.49. The van der Waals surface area contributed by atoms with Gasteiger partial charge in [-0.25, -0.2) is 0 Å². The predicted molar refractivity (Wildman–Crippen MR) is 76.2 cm³/mol. The van der Waals surface area contributed by atoms with Crippen LogP contribution in [0.1, 0.15) is 17.5 Å². The SMILES string of the molecule is BrCCC=C(c1ccccc1)c1ccncc1. The second kappa shape index (κ2) is 6.36. The molecule has 1 aromatic carbocycles. The van der Waals surface area contributed by atoms with Crippen molar-refractivity contribution in [3.8, 4) is 0 Å². The van der Waals surface area contributed by atoms with E-state index >= 15 is 0 Å². The number of benzene rings is 1. The Hall–Kier alpha value is -1.41. The molecule has 0 amide bonds. The van der Waals surface area contributed by atoms with Gasteiger partial charge in [0.1, 0.15) is 0 Å². The molecule has 2 rings (SSSR count). The van der Waals surface area contributed by atoms with Gasteiger partial charge in [0.25, 0.3) is 0 Å². The van der Waals surface area contributed by atoms with Crippen LogP contribution in [0.5, 0.6) is 0 Å². The van der Waals surface area contributed by atoms with Gasteiger partial charge in [-0.3, -0.25) is 4.98 Å². The first kappa shape index (κ1) is 12.1. The lowest BCUT2D eigenvalue weighted by Gasteiger charge is -2.07. The maximum atomic E-state index is 4.07. The summed E-state index contributed by atoms with van der Waals surface area (Å²) in [5.41, 5.74) is 3.74. The molecule has 0 radical (unpaired) electrons. The number of rotatable bonds is 4. The summed E-state index contributed by atoms with van der Waals surface area (Å²) < 4.78 is 0. The smallest absolute Gasteiger partial charge is 0.0273 e. The minimum absolute atomic E-state index is 0.981. The van der Waals surface area contributed by atoms with Gasteiger partial charge in [0.2, 0.25) is 0 Å². The molecule has 0 N–H and O–H groups in total. The highest BCUT2D eigenvalue weighted by molar-refractivity contribution is 9.09. The number of alkyl halides is 1. The minimum Gasteiger partial charge on any atom is -0.265 e. The Morgan fingerprint density at radius 2 is 1.65 bits per heavy atom. The van der Waals surface area contributed by atoms with E-state index < -0.39 is 0 Å². The molecular weight excluding hydrogens is 274 g/mol. The van der Waals surface area contributed by atoms with Gasteiger partial charge in [0, 0.05) is 17.7 Å². The van der Waals surface area contributed by atoms with Crippen LogP contribution in [0.3, 0.4) is 0 Å². The molecule has 0 spiro atoms. The van der Waals surface area contributed by atoms with Crippen molar-refractivity contribution in [1.29, 1.82) is 0 Å². The number of allylic oxidation sites excluding steroid dienone is 1. The quantitative estimate of drug-likeness (QED) is 0.764. The van der Waals surface area contributed by atoms with Crippen molar-refractivity contribution in [3.05, 3.63) is 72.1 Å². The summed E-state index contributed by atoms with van der Waals surface area (Å²) in [5, 5.41) is 0.981. The first-order chi connectivity index (χ1) is 8.42. The first-order valence-electron chi connectivity index (χ1n) is 5.64. The zero-order chi connectivity index (χ0) is 11.9. The third-order valence-electron chi connectivity index (χ3n) is 2.53. The Balaban J connectivity index is 2.40. The lowest BCUT2D eigenvalue weighted by molar-refractivity contribution is 1.25. The Morgan fingerprint density at radius 3 is 2.29 bits per heavy atom. The van der Waals surface area contributed by atoms with Crippen LogP contribution in [0.2, 0.25) is 0 Å². The molecule has 0 saturated carbocycles. The second-order valence-electron chi connectivity index (χ2n) is 3.70. The number of halogens is 1. The van der Waals surface area contributed by atoms with Crippen LogP contribution in [0, 0.1) is 0 Å². The fraction of sp³-hybridized carbons (Fsp3) is 0.133. The van der Waals surface area contributed by atoms with Crippen LogP contribution in [0.25, 0.3) is 5.57 Å². The molecule has 86 valence electrons. The molecular formula is C15H14BrN. The van der Waals surface area contributed by atoms with E-state index in [4.69, 9.17) is 0 Å². The van der Waals surface area contributed by atoms with Crippen molar-refractivity contribution in [2.45, 2.75) is 6.42 Å². The van der Waals surface area contributed by atoms with Crippen LogP contribution in [0.15, 0.2) is 60.9 Å². The Morgan fingerprint density at radius 1 is 1.00 bits per heavy atom. The van der Waals surface area contributed by atoms with Gasteiger partial charge in [0.15, 0.2) is 0 Å². The van der Waals surface area contributed by atoms with E-state index in [9.17, 15) is 0 Å². The van der Waals surface area contributed by atoms with E-state index in [-0.39, 0.29) is 0 Å². The van der Waals surface area contributed by atoms with E-state index in [0.29, 0.717) is 0 Å². The molecule has 0 aliphatic rings. The third kappa shape index (κ3) is 3.27. The Kier molecular flexibility index (Phi) is 4.51. The van der Waals surface area contributed by atoms with E-state index in [0.717, 1.165) is 11.8 Å². The highest BCUT2D eigenvalue weighted by Gasteiger charge is 2.03. The van der Waals surface area contributed by atoms with Crippen molar-refractivity contribution >= 4 is 21.5 Å². The molecule has 2 aromatic rings. The summed E-state index contributed by atoms with van der Waals surface area (Å²) in [6.45, 7) is 0. The van der Waals surface area contributed by atoms with Gasteiger partial charge in [-0.2, -0.15) is 0 Å². The van der Waals surface area contributed by atoms with E-state index in [2.05, 4.69) is 51.3 Å². The monoisotopic (exact) mass is 287 g/mol. The maximum absolute atomic E-state index is 4.07. The zero-order valence-electron chi connectivity index (χ0n) is 9.51. The van der Waals surface area contributed by atoms with Gasteiger partial charge in [-0.1, -0.05) is 52.3 Å². The predicted octanol–water partition coefficient (Wildman–Crippen LogP) is 4.30.